The van der Waals surface area contributed by atoms with Gasteiger partial charge in [0.25, 0.3) is 5.89 Å². The van der Waals surface area contributed by atoms with E-state index in [1.807, 2.05) is 27.7 Å². The predicted molar refractivity (Wildman–Crippen MR) is 114 cm³/mol. The van der Waals surface area contributed by atoms with E-state index in [4.69, 9.17) is 9.26 Å². The van der Waals surface area contributed by atoms with E-state index in [1.165, 1.54) is 11.3 Å². The summed E-state index contributed by atoms with van der Waals surface area (Å²) < 4.78 is 12.0. The van der Waals surface area contributed by atoms with Crippen molar-refractivity contribution in [3.05, 3.63) is 32.3 Å². The fourth-order valence-electron chi connectivity index (χ4n) is 4.95. The molecule has 3 heterocycles. The Labute approximate surface area is 184 Å². The number of Topliss-reactive ketones (excluding diaryl/α,β-unsaturated/α-hetero) is 1. The summed E-state index contributed by atoms with van der Waals surface area (Å²) in [7, 11) is 0. The lowest BCUT2D eigenvalue weighted by Crippen LogP contribution is -2.23. The highest BCUT2D eigenvalue weighted by molar-refractivity contribution is 7.13. The minimum atomic E-state index is -0.989. The van der Waals surface area contributed by atoms with Gasteiger partial charge in [0, 0.05) is 38.8 Å². The monoisotopic (exact) mass is 442 g/mol. The van der Waals surface area contributed by atoms with Crippen molar-refractivity contribution in [2.45, 2.75) is 83.3 Å². The first-order chi connectivity index (χ1) is 14.6. The molecule has 1 aliphatic heterocycles. The smallest absolute Gasteiger partial charge is 0.331 e. The fourth-order valence-corrected chi connectivity index (χ4v) is 6.42. The van der Waals surface area contributed by atoms with E-state index in [-0.39, 0.29) is 17.8 Å². The molecule has 2 aromatic heterocycles. The Balaban J connectivity index is 1.61. The second-order valence-corrected chi connectivity index (χ2v) is 10.8. The summed E-state index contributed by atoms with van der Waals surface area (Å²) >= 11 is 1.54. The zero-order valence-electron chi connectivity index (χ0n) is 18.2. The number of hydrogen-bond acceptors (Lipinski definition) is 7. The third-order valence-corrected chi connectivity index (χ3v) is 7.87. The lowest BCUT2D eigenvalue weighted by atomic mass is 9.92. The molecule has 1 saturated carbocycles. The molecule has 7 nitrogen and oxygen atoms in total. The van der Waals surface area contributed by atoms with Gasteiger partial charge < -0.3 is 14.4 Å². The van der Waals surface area contributed by atoms with Gasteiger partial charge in [-0.25, -0.2) is 4.79 Å². The number of ether oxygens (including phenoxy) is 1. The average Bonchev–Trinajstić information content (AvgIpc) is 3.07. The number of nitrogens with zero attached hydrogens (tertiary/aromatic N) is 2. The van der Waals surface area contributed by atoms with Crippen molar-refractivity contribution in [2.24, 2.45) is 0 Å². The number of aliphatic carboxylic acids is 1. The summed E-state index contributed by atoms with van der Waals surface area (Å²) in [6.07, 6.45) is 3.95. The lowest BCUT2D eigenvalue weighted by molar-refractivity contribution is -0.133. The molecule has 0 unspecified atom stereocenters. The highest BCUT2D eigenvalue weighted by atomic mass is 32.1. The molecule has 5 rings (SSSR count). The van der Waals surface area contributed by atoms with Crippen molar-refractivity contribution >= 4 is 23.1 Å². The first kappa shape index (κ1) is 20.6. The van der Waals surface area contributed by atoms with Gasteiger partial charge in [0.1, 0.15) is 0 Å². The van der Waals surface area contributed by atoms with E-state index in [0.717, 1.165) is 39.5 Å². The number of thiophene rings is 1. The van der Waals surface area contributed by atoms with Gasteiger partial charge in [-0.05, 0) is 59.8 Å². The van der Waals surface area contributed by atoms with Gasteiger partial charge in [-0.2, -0.15) is 4.98 Å². The van der Waals surface area contributed by atoms with E-state index in [1.54, 1.807) is 0 Å². The third-order valence-electron chi connectivity index (χ3n) is 6.37. The predicted octanol–water partition coefficient (Wildman–Crippen LogP) is 4.85. The highest BCUT2D eigenvalue weighted by Gasteiger charge is 2.48. The molecule has 3 aliphatic rings. The first-order valence-corrected chi connectivity index (χ1v) is 11.6. The number of carbonyl (C=O) groups is 2. The number of hydrogen-bond donors (Lipinski definition) is 1. The van der Waals surface area contributed by atoms with Crippen LogP contribution >= 0.6 is 11.3 Å². The second kappa shape index (κ2) is 6.84. The molecule has 0 aromatic carbocycles. The Morgan fingerprint density at radius 1 is 1.13 bits per heavy atom. The van der Waals surface area contributed by atoms with E-state index < -0.39 is 17.2 Å². The number of carbonyl (C=O) groups excluding carboxylic acids is 1. The fraction of sp³-hybridized carbons (Fsp3) is 0.565. The molecule has 1 fully saturated rings. The molecule has 0 bridgehead atoms. The Morgan fingerprint density at radius 2 is 1.84 bits per heavy atom. The summed E-state index contributed by atoms with van der Waals surface area (Å²) in [4.78, 5) is 31.3. The number of rotatable bonds is 6. The van der Waals surface area contributed by atoms with Gasteiger partial charge in [0.2, 0.25) is 0 Å². The van der Waals surface area contributed by atoms with Crippen LogP contribution in [0.4, 0.5) is 0 Å². The van der Waals surface area contributed by atoms with Crippen LogP contribution in [-0.4, -0.2) is 27.0 Å². The molecule has 0 spiro atoms. The van der Waals surface area contributed by atoms with E-state index >= 15 is 0 Å². The summed E-state index contributed by atoms with van der Waals surface area (Å²) in [6.45, 7) is 8.08. The van der Waals surface area contributed by atoms with Crippen LogP contribution in [0.1, 0.15) is 86.9 Å². The normalized spacial score (nSPS) is 21.5. The van der Waals surface area contributed by atoms with Crippen LogP contribution in [0.3, 0.4) is 0 Å². The number of allylic oxidation sites excluding steroid dienone is 1. The summed E-state index contributed by atoms with van der Waals surface area (Å²) in [5.74, 6) is 0.382. The molecule has 0 amide bonds. The highest BCUT2D eigenvalue weighted by Crippen LogP contribution is 2.55. The molecule has 2 aromatic rings. The largest absolute Gasteiger partial charge is 0.478 e. The topological polar surface area (TPSA) is 103 Å². The number of carboxylic acids is 1. The van der Waals surface area contributed by atoms with Crippen LogP contribution in [0.5, 0.6) is 0 Å². The molecule has 1 N–H and O–H groups in total. The molecule has 0 atom stereocenters. The zero-order chi connectivity index (χ0) is 22.1. The Bertz CT molecular complexity index is 1130. The molecular weight excluding hydrogens is 416 g/mol. The molecule has 31 heavy (non-hydrogen) atoms. The number of aromatic nitrogens is 2. The first-order valence-electron chi connectivity index (χ1n) is 10.8. The van der Waals surface area contributed by atoms with Crippen molar-refractivity contribution in [3.63, 3.8) is 0 Å². The van der Waals surface area contributed by atoms with Gasteiger partial charge in [-0.3, -0.25) is 4.79 Å². The van der Waals surface area contributed by atoms with Crippen LogP contribution in [0.15, 0.2) is 15.7 Å². The number of ketones is 1. The number of carboxylic acid groups (broad SMARTS) is 1. The zero-order valence-corrected chi connectivity index (χ0v) is 19.0. The third kappa shape index (κ3) is 3.36. The lowest BCUT2D eigenvalue weighted by Gasteiger charge is -2.26. The SMILES string of the molecule is CC1(C)OC(C)(C)c2c1sc(CC(=O)C1=C(C(=O)O)CCC1)c2-c1nc(C2CC2)no1. The van der Waals surface area contributed by atoms with Gasteiger partial charge in [-0.15, -0.1) is 11.3 Å². The van der Waals surface area contributed by atoms with Gasteiger partial charge in [0.05, 0.1) is 16.8 Å². The number of fused-ring (bicyclic) bond motifs is 1. The molecule has 8 heteroatoms. The standard InChI is InChI=1S/C23H26N2O5S/c1-22(2)17-16(20-24-19(25-29-20)11-8-9-11)15(31-18(17)23(3,4)30-22)10-14(26)12-6-5-7-13(12)21(27)28/h11H,5-10H2,1-4H3,(H,27,28). The van der Waals surface area contributed by atoms with E-state index in [9.17, 15) is 14.7 Å². The minimum Gasteiger partial charge on any atom is -0.478 e. The molecule has 0 saturated heterocycles. The van der Waals surface area contributed by atoms with Gasteiger partial charge in [0.15, 0.2) is 11.6 Å². The van der Waals surface area contributed by atoms with Crippen molar-refractivity contribution in [2.75, 3.05) is 0 Å². The maximum atomic E-state index is 13.2. The van der Waals surface area contributed by atoms with Crippen molar-refractivity contribution in [1.82, 2.24) is 10.1 Å². The van der Waals surface area contributed by atoms with Crippen molar-refractivity contribution in [3.8, 4) is 11.5 Å². The maximum absolute atomic E-state index is 13.2. The van der Waals surface area contributed by atoms with Crippen LogP contribution in [-0.2, 0) is 31.9 Å². The van der Waals surface area contributed by atoms with Gasteiger partial charge in [-0.1, -0.05) is 5.16 Å². The van der Waals surface area contributed by atoms with Crippen molar-refractivity contribution in [1.29, 1.82) is 0 Å². The Hall–Kier alpha value is -2.32. The van der Waals surface area contributed by atoms with Gasteiger partial charge >= 0.3 is 5.97 Å². The molecule has 2 aliphatic carbocycles. The molecule has 0 radical (unpaired) electrons. The van der Waals surface area contributed by atoms with Crippen LogP contribution in [0, 0.1) is 0 Å². The Morgan fingerprint density at radius 3 is 2.52 bits per heavy atom. The summed E-state index contributed by atoms with van der Waals surface area (Å²) in [5, 5.41) is 13.6. The van der Waals surface area contributed by atoms with Crippen LogP contribution in [0.2, 0.25) is 0 Å². The minimum absolute atomic E-state index is 0.130. The summed E-state index contributed by atoms with van der Waals surface area (Å²) in [6, 6.07) is 0. The average molecular weight is 443 g/mol. The maximum Gasteiger partial charge on any atom is 0.331 e. The summed E-state index contributed by atoms with van der Waals surface area (Å²) in [5.41, 5.74) is 1.42. The van der Waals surface area contributed by atoms with Crippen LogP contribution in [0.25, 0.3) is 11.5 Å². The van der Waals surface area contributed by atoms with Crippen molar-refractivity contribution < 1.29 is 24.0 Å². The molecule has 164 valence electrons. The van der Waals surface area contributed by atoms with Crippen LogP contribution < -0.4 is 0 Å². The quantitative estimate of drug-likeness (QED) is 0.682. The molecular formula is C23H26N2O5S. The second-order valence-electron chi connectivity index (χ2n) is 9.67. The van der Waals surface area contributed by atoms with E-state index in [0.29, 0.717) is 36.6 Å². The van der Waals surface area contributed by atoms with E-state index in [2.05, 4.69) is 10.1 Å². The Kier molecular flexibility index (Phi) is 4.54.